The van der Waals surface area contributed by atoms with Crippen LogP contribution in [0.2, 0.25) is 0 Å². The maximum Gasteiger partial charge on any atom is 0.280 e. The number of anilines is 2. The van der Waals surface area contributed by atoms with E-state index < -0.39 is 16.1 Å². The minimum Gasteiger partial charge on any atom is -0.399 e. The molecule has 1 atom stereocenters. The molecule has 0 saturated heterocycles. The topological polar surface area (TPSA) is 119 Å². The van der Waals surface area contributed by atoms with Crippen molar-refractivity contribution < 1.29 is 8.42 Å². The molecule has 0 saturated carbocycles. The Bertz CT molecular complexity index is 1450. The summed E-state index contributed by atoms with van der Waals surface area (Å²) < 4.78 is 30.6. The molecule has 0 aliphatic rings. The fourth-order valence-electron chi connectivity index (χ4n) is 3.71. The van der Waals surface area contributed by atoms with Crippen molar-refractivity contribution in [3.8, 4) is 0 Å². The molecule has 8 nitrogen and oxygen atoms in total. The largest absolute Gasteiger partial charge is 0.399 e. The first-order valence-corrected chi connectivity index (χ1v) is 12.4. The average Bonchev–Trinajstić information content (AvgIpc) is 2.81. The Morgan fingerprint density at radius 1 is 0.941 bits per heavy atom. The number of para-hydroxylation sites is 2. The SMILES string of the molecule is CC(C)CC(NS(=O)(=O)c1ccc(N)cc1)c1nc2ccccc2c(=O)n1Nc1ccccc1. The van der Waals surface area contributed by atoms with E-state index in [1.54, 1.807) is 24.3 Å². The van der Waals surface area contributed by atoms with Gasteiger partial charge in [-0.2, -0.15) is 0 Å². The summed E-state index contributed by atoms with van der Waals surface area (Å²) in [7, 11) is -3.91. The number of hydrogen-bond acceptors (Lipinski definition) is 6. The molecule has 4 N–H and O–H groups in total. The third-order valence-corrected chi connectivity index (χ3v) is 6.81. The Labute approximate surface area is 198 Å². The molecular weight excluding hydrogens is 450 g/mol. The lowest BCUT2D eigenvalue weighted by atomic mass is 10.0. The second-order valence-corrected chi connectivity index (χ2v) is 10.2. The van der Waals surface area contributed by atoms with Gasteiger partial charge in [0.25, 0.3) is 5.56 Å². The quantitative estimate of drug-likeness (QED) is 0.331. The first-order chi connectivity index (χ1) is 16.2. The second kappa shape index (κ2) is 9.66. The van der Waals surface area contributed by atoms with Crippen LogP contribution in [0.15, 0.2) is 88.6 Å². The number of benzene rings is 3. The average molecular weight is 478 g/mol. The zero-order valence-electron chi connectivity index (χ0n) is 19.0. The zero-order chi connectivity index (χ0) is 24.3. The number of hydrogen-bond donors (Lipinski definition) is 3. The number of aromatic nitrogens is 2. The summed E-state index contributed by atoms with van der Waals surface area (Å²) in [4.78, 5) is 18.3. The van der Waals surface area contributed by atoms with E-state index in [-0.39, 0.29) is 22.2 Å². The summed E-state index contributed by atoms with van der Waals surface area (Å²) in [5.41, 5.74) is 10.1. The molecule has 0 fully saturated rings. The van der Waals surface area contributed by atoms with Gasteiger partial charge >= 0.3 is 0 Å². The molecule has 4 aromatic rings. The minimum atomic E-state index is -3.91. The monoisotopic (exact) mass is 477 g/mol. The molecule has 0 aliphatic carbocycles. The van der Waals surface area contributed by atoms with E-state index in [1.165, 1.54) is 28.9 Å². The number of nitrogens with two attached hydrogens (primary N) is 1. The van der Waals surface area contributed by atoms with Gasteiger partial charge in [-0.1, -0.05) is 44.2 Å². The van der Waals surface area contributed by atoms with Crippen molar-refractivity contribution in [1.82, 2.24) is 14.4 Å². The molecule has 0 aliphatic heterocycles. The van der Waals surface area contributed by atoms with Crippen molar-refractivity contribution in [2.24, 2.45) is 5.92 Å². The van der Waals surface area contributed by atoms with Crippen LogP contribution in [0, 0.1) is 5.92 Å². The number of fused-ring (bicyclic) bond motifs is 1. The van der Waals surface area contributed by atoms with E-state index in [1.807, 2.05) is 44.2 Å². The Morgan fingerprint density at radius 2 is 1.59 bits per heavy atom. The highest BCUT2D eigenvalue weighted by Gasteiger charge is 2.27. The van der Waals surface area contributed by atoms with E-state index in [4.69, 9.17) is 10.7 Å². The Balaban J connectivity index is 1.86. The lowest BCUT2D eigenvalue weighted by molar-refractivity contribution is 0.446. The van der Waals surface area contributed by atoms with Gasteiger partial charge in [-0.3, -0.25) is 10.2 Å². The molecule has 176 valence electrons. The molecule has 1 unspecified atom stereocenters. The van der Waals surface area contributed by atoms with Gasteiger partial charge in [0.1, 0.15) is 5.82 Å². The van der Waals surface area contributed by atoms with Crippen molar-refractivity contribution >= 4 is 32.3 Å². The number of nitrogens with zero attached hydrogens (tertiary/aromatic N) is 2. The number of nitrogens with one attached hydrogen (secondary N) is 2. The fraction of sp³-hybridized carbons (Fsp3) is 0.200. The minimum absolute atomic E-state index is 0.0844. The van der Waals surface area contributed by atoms with Gasteiger partial charge in [-0.25, -0.2) is 22.8 Å². The maximum absolute atomic E-state index is 13.5. The van der Waals surface area contributed by atoms with Crippen LogP contribution in [0.25, 0.3) is 10.9 Å². The number of sulfonamides is 1. The van der Waals surface area contributed by atoms with Gasteiger partial charge in [-0.15, -0.1) is 0 Å². The van der Waals surface area contributed by atoms with Crippen molar-refractivity contribution in [2.75, 3.05) is 11.2 Å². The molecule has 34 heavy (non-hydrogen) atoms. The summed E-state index contributed by atoms with van der Waals surface area (Å²) in [5, 5.41) is 0.430. The van der Waals surface area contributed by atoms with Crippen LogP contribution in [0.1, 0.15) is 32.1 Å². The molecule has 4 rings (SSSR count). The van der Waals surface area contributed by atoms with Crippen LogP contribution < -0.4 is 21.4 Å². The van der Waals surface area contributed by atoms with E-state index in [0.717, 1.165) is 0 Å². The summed E-state index contributed by atoms with van der Waals surface area (Å²) in [6.45, 7) is 3.97. The van der Waals surface area contributed by atoms with Gasteiger partial charge in [0.05, 0.1) is 27.5 Å². The Kier molecular flexibility index (Phi) is 6.67. The van der Waals surface area contributed by atoms with Gasteiger partial charge in [-0.05, 0) is 60.9 Å². The van der Waals surface area contributed by atoms with Crippen LogP contribution in [-0.4, -0.2) is 18.1 Å². The summed E-state index contributed by atoms with van der Waals surface area (Å²) in [5.74, 6) is 0.396. The lowest BCUT2D eigenvalue weighted by Crippen LogP contribution is -2.38. The van der Waals surface area contributed by atoms with Crippen molar-refractivity contribution in [3.63, 3.8) is 0 Å². The van der Waals surface area contributed by atoms with E-state index >= 15 is 0 Å². The summed E-state index contributed by atoms with van der Waals surface area (Å²) >= 11 is 0. The van der Waals surface area contributed by atoms with Crippen LogP contribution >= 0.6 is 0 Å². The van der Waals surface area contributed by atoms with E-state index in [2.05, 4.69) is 10.1 Å². The van der Waals surface area contributed by atoms with Crippen molar-refractivity contribution in [3.05, 3.63) is 95.0 Å². The lowest BCUT2D eigenvalue weighted by Gasteiger charge is -2.24. The van der Waals surface area contributed by atoms with Gasteiger partial charge in [0.2, 0.25) is 10.0 Å². The highest BCUT2D eigenvalue weighted by atomic mass is 32.2. The van der Waals surface area contributed by atoms with Gasteiger partial charge in [0.15, 0.2) is 0 Å². The maximum atomic E-state index is 13.5. The van der Waals surface area contributed by atoms with E-state index in [0.29, 0.717) is 28.7 Å². The first kappa shape index (κ1) is 23.5. The van der Waals surface area contributed by atoms with Crippen molar-refractivity contribution in [2.45, 2.75) is 31.2 Å². The summed E-state index contributed by atoms with van der Waals surface area (Å²) in [6, 6.07) is 21.4. The molecule has 3 aromatic carbocycles. The van der Waals surface area contributed by atoms with Gasteiger partial charge in [0, 0.05) is 5.69 Å². The molecule has 1 aromatic heterocycles. The first-order valence-electron chi connectivity index (χ1n) is 11.0. The second-order valence-electron chi connectivity index (χ2n) is 8.48. The zero-order valence-corrected chi connectivity index (χ0v) is 19.8. The fourth-order valence-corrected chi connectivity index (χ4v) is 4.92. The van der Waals surface area contributed by atoms with Gasteiger partial charge < -0.3 is 5.73 Å². The normalized spacial score (nSPS) is 12.7. The highest BCUT2D eigenvalue weighted by molar-refractivity contribution is 7.89. The molecule has 1 heterocycles. The smallest absolute Gasteiger partial charge is 0.280 e. The van der Waals surface area contributed by atoms with Crippen LogP contribution in [-0.2, 0) is 10.0 Å². The van der Waals surface area contributed by atoms with E-state index in [9.17, 15) is 13.2 Å². The third kappa shape index (κ3) is 5.11. The van der Waals surface area contributed by atoms with Crippen LogP contribution in [0.5, 0.6) is 0 Å². The number of rotatable bonds is 8. The summed E-state index contributed by atoms with van der Waals surface area (Å²) in [6.07, 6.45) is 0.426. The predicted molar refractivity (Wildman–Crippen MR) is 135 cm³/mol. The molecule has 0 amide bonds. The molecule has 0 spiro atoms. The number of nitrogen functional groups attached to an aromatic ring is 1. The van der Waals surface area contributed by atoms with Crippen LogP contribution in [0.4, 0.5) is 11.4 Å². The third-order valence-electron chi connectivity index (χ3n) is 5.32. The van der Waals surface area contributed by atoms with Crippen LogP contribution in [0.3, 0.4) is 0 Å². The van der Waals surface area contributed by atoms with Crippen molar-refractivity contribution in [1.29, 1.82) is 0 Å². The predicted octanol–water partition coefficient (Wildman–Crippen LogP) is 3.92. The standard InChI is InChI=1S/C25H27N5O3S/c1-17(2)16-23(29-34(32,33)20-14-12-18(26)13-15-20)24-27-22-11-7-6-10-21(22)25(31)30(24)28-19-8-4-3-5-9-19/h3-15,17,23,28-29H,16,26H2,1-2H3. The highest BCUT2D eigenvalue weighted by Crippen LogP contribution is 2.24. The molecule has 0 bridgehead atoms. The molecule has 9 heteroatoms. The molecular formula is C25H27N5O3S. The Hall–Kier alpha value is -3.69. The molecule has 0 radical (unpaired) electrons. The Morgan fingerprint density at radius 3 is 2.26 bits per heavy atom.